The van der Waals surface area contributed by atoms with Gasteiger partial charge in [-0.15, -0.1) is 0 Å². The van der Waals surface area contributed by atoms with Gasteiger partial charge in [0.05, 0.1) is 11.4 Å². The number of fused-ring (bicyclic) bond motifs is 1. The number of hydrogen-bond donors (Lipinski definition) is 0. The third-order valence-corrected chi connectivity index (χ3v) is 4.69. The molecule has 0 N–H and O–H groups in total. The smallest absolute Gasteiger partial charge is 0.262 e. The summed E-state index contributed by atoms with van der Waals surface area (Å²) in [4.78, 5) is 17.5. The minimum atomic E-state index is 0.0151. The summed E-state index contributed by atoms with van der Waals surface area (Å²) in [6.45, 7) is 18.7. The van der Waals surface area contributed by atoms with Crippen molar-refractivity contribution in [2.45, 2.75) is 74.2 Å². The van der Waals surface area contributed by atoms with E-state index in [9.17, 15) is 4.79 Å². The first-order chi connectivity index (χ1) is 13.6. The second-order valence-electron chi connectivity index (χ2n) is 5.30. The number of aromatic nitrogens is 3. The van der Waals surface area contributed by atoms with Gasteiger partial charge in [0.2, 0.25) is 5.78 Å². The van der Waals surface area contributed by atoms with Crippen LogP contribution in [0.1, 0.15) is 65.4 Å². The lowest BCUT2D eigenvalue weighted by Gasteiger charge is -2.12. The van der Waals surface area contributed by atoms with Gasteiger partial charge in [-0.3, -0.25) is 4.79 Å². The van der Waals surface area contributed by atoms with E-state index in [4.69, 9.17) is 4.98 Å². The fourth-order valence-corrected chi connectivity index (χ4v) is 3.36. The summed E-state index contributed by atoms with van der Waals surface area (Å²) in [6, 6.07) is 10.00. The Kier molecular flexibility index (Phi) is 12.4. The number of rotatable bonds is 3. The number of aryl methyl sites for hydroxylation is 1. The molecule has 28 heavy (non-hydrogen) atoms. The van der Waals surface area contributed by atoms with Gasteiger partial charge in [-0.05, 0) is 20.8 Å². The van der Waals surface area contributed by atoms with Crippen molar-refractivity contribution in [1.29, 1.82) is 0 Å². The van der Waals surface area contributed by atoms with Gasteiger partial charge in [0.15, 0.2) is 0 Å². The van der Waals surface area contributed by atoms with E-state index in [0.717, 1.165) is 34.8 Å². The van der Waals surface area contributed by atoms with Crippen molar-refractivity contribution in [3.05, 3.63) is 57.6 Å². The Bertz CT molecular complexity index is 896. The average molecular weight is 450 g/mol. The molecule has 4 nitrogen and oxygen atoms in total. The van der Waals surface area contributed by atoms with Crippen LogP contribution in [0.2, 0.25) is 0 Å². The zero-order valence-corrected chi connectivity index (χ0v) is 20.5. The van der Waals surface area contributed by atoms with E-state index in [1.807, 2.05) is 85.7 Å². The Hall–Kier alpha value is -1.88. The van der Waals surface area contributed by atoms with Crippen LogP contribution in [0, 0.1) is 13.8 Å². The normalized spacial score (nSPS) is 9.50. The molecule has 0 saturated heterocycles. The second-order valence-corrected chi connectivity index (χ2v) is 5.86. The molecule has 0 saturated carbocycles. The molecule has 5 heteroatoms. The molecule has 0 unspecified atom stereocenters. The molecule has 0 aliphatic carbocycles. The van der Waals surface area contributed by atoms with Crippen molar-refractivity contribution >= 4 is 21.7 Å². The standard InChI is InChI=1S/C17H18BrN3O.3C2H6/c1-4-20-12(3)11(2)16(22)21-14(10-18)15(19-17(20)21)13-8-6-5-7-9-13;3*1-2/h5-9H,4,10H2,1-3H3;3*1-2H3. The quantitative estimate of drug-likeness (QED) is 0.413. The Morgan fingerprint density at radius 3 is 1.96 bits per heavy atom. The largest absolute Gasteiger partial charge is 0.315 e. The lowest BCUT2D eigenvalue weighted by atomic mass is 10.1. The minimum absolute atomic E-state index is 0.0151. The van der Waals surface area contributed by atoms with Crippen LogP contribution in [0.15, 0.2) is 35.1 Å². The maximum Gasteiger partial charge on any atom is 0.262 e. The number of alkyl halides is 1. The third kappa shape index (κ3) is 5.13. The van der Waals surface area contributed by atoms with Crippen LogP contribution >= 0.6 is 15.9 Å². The molecule has 156 valence electrons. The summed E-state index contributed by atoms with van der Waals surface area (Å²) >= 11 is 3.52. The van der Waals surface area contributed by atoms with Crippen LogP contribution in [-0.2, 0) is 11.9 Å². The first-order valence-electron chi connectivity index (χ1n) is 10.3. The number of imidazole rings is 1. The monoisotopic (exact) mass is 449 g/mol. The van der Waals surface area contributed by atoms with Crippen molar-refractivity contribution in [2.24, 2.45) is 0 Å². The molecule has 0 aliphatic rings. The van der Waals surface area contributed by atoms with Gasteiger partial charge >= 0.3 is 0 Å². The highest BCUT2D eigenvalue weighted by molar-refractivity contribution is 9.08. The van der Waals surface area contributed by atoms with Gasteiger partial charge in [-0.2, -0.15) is 0 Å². The Morgan fingerprint density at radius 1 is 0.964 bits per heavy atom. The summed E-state index contributed by atoms with van der Waals surface area (Å²) in [5, 5.41) is 0.583. The topological polar surface area (TPSA) is 39.3 Å². The van der Waals surface area contributed by atoms with Crippen LogP contribution in [0.5, 0.6) is 0 Å². The molecule has 0 spiro atoms. The molecule has 2 heterocycles. The fourth-order valence-electron chi connectivity index (χ4n) is 2.84. The summed E-state index contributed by atoms with van der Waals surface area (Å²) in [5.74, 6) is 0.712. The number of hydrogen-bond acceptors (Lipinski definition) is 2. The molecule has 3 aromatic rings. The molecule has 0 aliphatic heterocycles. The molecule has 2 aromatic heterocycles. The first kappa shape index (κ1) is 26.1. The van der Waals surface area contributed by atoms with Crippen LogP contribution in [0.3, 0.4) is 0 Å². The highest BCUT2D eigenvalue weighted by Gasteiger charge is 2.19. The lowest BCUT2D eigenvalue weighted by molar-refractivity contribution is 0.710. The highest BCUT2D eigenvalue weighted by atomic mass is 79.9. The Labute approximate surface area is 178 Å². The summed E-state index contributed by atoms with van der Waals surface area (Å²) in [6.07, 6.45) is 0. The Balaban J connectivity index is 0.00000111. The van der Waals surface area contributed by atoms with Gasteiger partial charge in [0.25, 0.3) is 5.56 Å². The highest BCUT2D eigenvalue weighted by Crippen LogP contribution is 2.26. The third-order valence-electron chi connectivity index (χ3n) is 4.16. The molecular formula is C23H36BrN3O. The van der Waals surface area contributed by atoms with Gasteiger partial charge in [0.1, 0.15) is 0 Å². The Morgan fingerprint density at radius 2 is 1.50 bits per heavy atom. The van der Waals surface area contributed by atoms with E-state index >= 15 is 0 Å². The fraction of sp³-hybridized carbons (Fsp3) is 0.478. The minimum Gasteiger partial charge on any atom is -0.315 e. The number of halogens is 1. The van der Waals surface area contributed by atoms with Crippen molar-refractivity contribution in [2.75, 3.05) is 0 Å². The van der Waals surface area contributed by atoms with Crippen molar-refractivity contribution < 1.29 is 0 Å². The van der Waals surface area contributed by atoms with E-state index in [-0.39, 0.29) is 5.56 Å². The second kappa shape index (κ2) is 13.3. The molecular weight excluding hydrogens is 414 g/mol. The van der Waals surface area contributed by atoms with Crippen LogP contribution in [0.25, 0.3) is 17.0 Å². The average Bonchev–Trinajstić information content (AvgIpc) is 3.17. The van der Waals surface area contributed by atoms with E-state index in [1.54, 1.807) is 4.40 Å². The van der Waals surface area contributed by atoms with Crippen molar-refractivity contribution in [3.8, 4) is 11.3 Å². The van der Waals surface area contributed by atoms with Gasteiger partial charge in [-0.25, -0.2) is 9.38 Å². The van der Waals surface area contributed by atoms with Crippen LogP contribution in [0.4, 0.5) is 0 Å². The van der Waals surface area contributed by atoms with Gasteiger partial charge < -0.3 is 4.57 Å². The predicted molar refractivity (Wildman–Crippen MR) is 127 cm³/mol. The maximum absolute atomic E-state index is 12.7. The first-order valence-corrected chi connectivity index (χ1v) is 11.4. The SMILES string of the molecule is CC.CC.CC.CCn1c(C)c(C)c(=O)n2c(CBr)c(-c3ccccc3)nc12. The molecule has 0 radical (unpaired) electrons. The van der Waals surface area contributed by atoms with Crippen molar-refractivity contribution in [3.63, 3.8) is 0 Å². The molecule has 0 fully saturated rings. The number of nitrogens with zero attached hydrogens (tertiary/aromatic N) is 3. The zero-order chi connectivity index (χ0) is 21.9. The lowest BCUT2D eigenvalue weighted by Crippen LogP contribution is -2.24. The van der Waals surface area contributed by atoms with E-state index in [2.05, 4.69) is 27.4 Å². The summed E-state index contributed by atoms with van der Waals surface area (Å²) in [5.41, 5.74) is 4.55. The molecule has 0 bridgehead atoms. The van der Waals surface area contributed by atoms with Crippen molar-refractivity contribution in [1.82, 2.24) is 14.0 Å². The van der Waals surface area contributed by atoms with E-state index in [1.165, 1.54) is 0 Å². The van der Waals surface area contributed by atoms with Gasteiger partial charge in [0, 0.05) is 28.7 Å². The van der Waals surface area contributed by atoms with E-state index < -0.39 is 0 Å². The summed E-state index contributed by atoms with van der Waals surface area (Å²) in [7, 11) is 0. The molecule has 0 amide bonds. The number of benzene rings is 1. The molecule has 1 aromatic carbocycles. The van der Waals surface area contributed by atoms with Crippen LogP contribution < -0.4 is 5.56 Å². The zero-order valence-electron chi connectivity index (χ0n) is 18.9. The predicted octanol–water partition coefficient (Wildman–Crippen LogP) is 6.77. The maximum atomic E-state index is 12.7. The molecule has 3 rings (SSSR count). The van der Waals surface area contributed by atoms with Gasteiger partial charge in [-0.1, -0.05) is 87.8 Å². The van der Waals surface area contributed by atoms with E-state index in [0.29, 0.717) is 11.1 Å². The summed E-state index contributed by atoms with van der Waals surface area (Å²) < 4.78 is 3.83. The molecule has 0 atom stereocenters. The van der Waals surface area contributed by atoms with Crippen LogP contribution in [-0.4, -0.2) is 14.0 Å².